The Bertz CT molecular complexity index is 674. The maximum Gasteiger partial charge on any atom is 0.243 e. The average molecular weight is 280 g/mol. The van der Waals surface area contributed by atoms with Gasteiger partial charge < -0.3 is 4.74 Å². The van der Waals surface area contributed by atoms with Gasteiger partial charge in [0, 0.05) is 17.3 Å². The van der Waals surface area contributed by atoms with E-state index in [1.54, 1.807) is 17.5 Å². The van der Waals surface area contributed by atoms with E-state index in [1.165, 1.54) is 0 Å². The van der Waals surface area contributed by atoms with Crippen LogP contribution in [-0.4, -0.2) is 14.4 Å². The molecule has 0 aliphatic carbocycles. The Kier molecular flexibility index (Phi) is 2.93. The highest BCUT2D eigenvalue weighted by Crippen LogP contribution is 2.28. The van der Waals surface area contributed by atoms with E-state index in [4.69, 9.17) is 16.3 Å². The molecule has 6 heteroatoms. The highest BCUT2D eigenvalue weighted by Gasteiger charge is 2.14. The number of aromatic nitrogens is 3. The van der Waals surface area contributed by atoms with Gasteiger partial charge in [0.2, 0.25) is 5.88 Å². The van der Waals surface area contributed by atoms with Gasteiger partial charge in [-0.05, 0) is 19.1 Å². The van der Waals surface area contributed by atoms with Crippen LogP contribution in [0.4, 0.5) is 0 Å². The maximum atomic E-state index is 5.95. The lowest BCUT2D eigenvalue weighted by atomic mass is 10.4. The molecule has 0 saturated heterocycles. The second kappa shape index (κ2) is 4.59. The molecule has 0 aliphatic rings. The second-order valence-corrected chi connectivity index (χ2v) is 4.93. The molecule has 0 N–H and O–H groups in total. The van der Waals surface area contributed by atoms with Crippen LogP contribution in [0.1, 0.15) is 11.4 Å². The number of halogens is 1. The minimum atomic E-state index is 0.354. The molecule has 0 amide bonds. The summed E-state index contributed by atoms with van der Waals surface area (Å²) in [5, 5.41) is 1.97. The molecule has 92 valence electrons. The zero-order valence-electron chi connectivity index (χ0n) is 9.63. The fourth-order valence-electron chi connectivity index (χ4n) is 1.64. The van der Waals surface area contributed by atoms with Crippen LogP contribution >= 0.6 is 22.9 Å². The van der Waals surface area contributed by atoms with Crippen molar-refractivity contribution in [2.24, 2.45) is 0 Å². The number of nitrogens with zero attached hydrogens (tertiary/aromatic N) is 3. The molecule has 0 radical (unpaired) electrons. The van der Waals surface area contributed by atoms with Crippen LogP contribution in [0.3, 0.4) is 0 Å². The average Bonchev–Trinajstić information content (AvgIpc) is 2.92. The van der Waals surface area contributed by atoms with Crippen LogP contribution in [0.2, 0.25) is 0 Å². The number of pyridine rings is 1. The molecule has 0 fully saturated rings. The van der Waals surface area contributed by atoms with E-state index in [-0.39, 0.29) is 0 Å². The molecule has 3 heterocycles. The number of thiazole rings is 1. The van der Waals surface area contributed by atoms with Gasteiger partial charge in [0.25, 0.3) is 0 Å². The summed E-state index contributed by atoms with van der Waals surface area (Å²) in [6.07, 6.45) is 3.62. The molecule has 4 nitrogen and oxygen atoms in total. The van der Waals surface area contributed by atoms with Crippen LogP contribution in [-0.2, 0) is 5.88 Å². The van der Waals surface area contributed by atoms with Gasteiger partial charge in [-0.3, -0.25) is 9.38 Å². The SMILES string of the molecule is Cc1ccc(Oc2nc3sccn3c2CCl)cn1. The summed E-state index contributed by atoms with van der Waals surface area (Å²) in [5.74, 6) is 1.56. The van der Waals surface area contributed by atoms with Crippen molar-refractivity contribution < 1.29 is 4.74 Å². The quantitative estimate of drug-likeness (QED) is 0.687. The normalized spacial score (nSPS) is 11.0. The van der Waals surface area contributed by atoms with E-state index in [0.29, 0.717) is 17.5 Å². The highest BCUT2D eigenvalue weighted by atomic mass is 35.5. The van der Waals surface area contributed by atoms with Gasteiger partial charge in [-0.2, -0.15) is 4.98 Å². The first-order chi connectivity index (χ1) is 8.78. The van der Waals surface area contributed by atoms with Crippen molar-refractivity contribution in [3.8, 4) is 11.6 Å². The molecule has 0 spiro atoms. The Morgan fingerprint density at radius 2 is 2.33 bits per heavy atom. The van der Waals surface area contributed by atoms with E-state index >= 15 is 0 Å². The number of hydrogen-bond donors (Lipinski definition) is 0. The van der Waals surface area contributed by atoms with Gasteiger partial charge in [0.05, 0.1) is 12.1 Å². The zero-order valence-corrected chi connectivity index (χ0v) is 11.2. The molecule has 0 aliphatic heterocycles. The Hall–Kier alpha value is -1.59. The number of alkyl halides is 1. The summed E-state index contributed by atoms with van der Waals surface area (Å²) in [5.41, 5.74) is 1.80. The van der Waals surface area contributed by atoms with E-state index in [9.17, 15) is 0 Å². The van der Waals surface area contributed by atoms with Gasteiger partial charge >= 0.3 is 0 Å². The van der Waals surface area contributed by atoms with Crippen molar-refractivity contribution in [3.63, 3.8) is 0 Å². The number of aryl methyl sites for hydroxylation is 1. The first-order valence-corrected chi connectivity index (χ1v) is 6.80. The lowest BCUT2D eigenvalue weighted by Crippen LogP contribution is -1.92. The lowest BCUT2D eigenvalue weighted by Gasteiger charge is -2.03. The maximum absolute atomic E-state index is 5.95. The minimum absolute atomic E-state index is 0.354. The highest BCUT2D eigenvalue weighted by molar-refractivity contribution is 7.15. The lowest BCUT2D eigenvalue weighted by molar-refractivity contribution is 0.459. The van der Waals surface area contributed by atoms with Crippen LogP contribution in [0.15, 0.2) is 29.9 Å². The number of rotatable bonds is 3. The summed E-state index contributed by atoms with van der Waals surface area (Å²) < 4.78 is 7.67. The molecule has 0 saturated carbocycles. The fraction of sp³-hybridized carbons (Fsp3) is 0.167. The molecule has 3 aromatic heterocycles. The van der Waals surface area contributed by atoms with Gasteiger partial charge in [-0.15, -0.1) is 22.9 Å². The van der Waals surface area contributed by atoms with Crippen molar-refractivity contribution >= 4 is 27.9 Å². The molecule has 3 aromatic rings. The van der Waals surface area contributed by atoms with Crippen LogP contribution in [0.5, 0.6) is 11.6 Å². The van der Waals surface area contributed by atoms with E-state index < -0.39 is 0 Å². The molecule has 3 rings (SSSR count). The third-order valence-electron chi connectivity index (χ3n) is 2.55. The summed E-state index contributed by atoms with van der Waals surface area (Å²) in [6, 6.07) is 3.77. The van der Waals surface area contributed by atoms with E-state index in [1.807, 2.05) is 35.0 Å². The van der Waals surface area contributed by atoms with Crippen LogP contribution in [0.25, 0.3) is 4.96 Å². The molecule has 0 unspecified atom stereocenters. The largest absolute Gasteiger partial charge is 0.436 e. The molecule has 0 atom stereocenters. The van der Waals surface area contributed by atoms with Crippen molar-refractivity contribution in [2.75, 3.05) is 0 Å². The van der Waals surface area contributed by atoms with Crippen molar-refractivity contribution in [3.05, 3.63) is 41.3 Å². The summed E-state index contributed by atoms with van der Waals surface area (Å²) in [4.78, 5) is 9.47. The van der Waals surface area contributed by atoms with E-state index in [0.717, 1.165) is 16.3 Å². The Labute approximate surface area is 113 Å². The molecule has 18 heavy (non-hydrogen) atoms. The topological polar surface area (TPSA) is 39.4 Å². The van der Waals surface area contributed by atoms with Gasteiger partial charge in [0.1, 0.15) is 11.4 Å². The first-order valence-electron chi connectivity index (χ1n) is 5.39. The number of hydrogen-bond acceptors (Lipinski definition) is 4. The van der Waals surface area contributed by atoms with Gasteiger partial charge in [-0.1, -0.05) is 0 Å². The summed E-state index contributed by atoms with van der Waals surface area (Å²) in [6.45, 7) is 1.93. The number of imidazole rings is 1. The monoisotopic (exact) mass is 279 g/mol. The first kappa shape index (κ1) is 11.5. The fourth-order valence-corrected chi connectivity index (χ4v) is 2.61. The smallest absolute Gasteiger partial charge is 0.243 e. The van der Waals surface area contributed by atoms with Crippen LogP contribution in [0, 0.1) is 6.92 Å². The van der Waals surface area contributed by atoms with Crippen molar-refractivity contribution in [1.29, 1.82) is 0 Å². The summed E-state index contributed by atoms with van der Waals surface area (Å²) >= 11 is 7.50. The standard InChI is InChI=1S/C12H10ClN3OS/c1-8-2-3-9(7-14-8)17-11-10(6-13)16-4-5-18-12(16)15-11/h2-5,7H,6H2,1H3. The van der Waals surface area contributed by atoms with Gasteiger partial charge in [-0.25, -0.2) is 0 Å². The Morgan fingerprint density at radius 1 is 1.44 bits per heavy atom. The van der Waals surface area contributed by atoms with E-state index in [2.05, 4.69) is 9.97 Å². The Morgan fingerprint density at radius 3 is 3.06 bits per heavy atom. The second-order valence-electron chi connectivity index (χ2n) is 3.79. The minimum Gasteiger partial charge on any atom is -0.436 e. The third kappa shape index (κ3) is 1.95. The summed E-state index contributed by atoms with van der Waals surface area (Å²) in [7, 11) is 0. The molecular formula is C12H10ClN3OS. The molecule has 0 aromatic carbocycles. The van der Waals surface area contributed by atoms with Crippen LogP contribution < -0.4 is 4.74 Å². The van der Waals surface area contributed by atoms with Crippen molar-refractivity contribution in [1.82, 2.24) is 14.4 Å². The Balaban J connectivity index is 1.98. The zero-order chi connectivity index (χ0) is 12.5. The predicted molar refractivity (Wildman–Crippen MR) is 71.7 cm³/mol. The number of ether oxygens (including phenoxy) is 1. The van der Waals surface area contributed by atoms with Crippen molar-refractivity contribution in [2.45, 2.75) is 12.8 Å². The third-order valence-corrected chi connectivity index (χ3v) is 3.56. The van der Waals surface area contributed by atoms with Gasteiger partial charge in [0.15, 0.2) is 4.96 Å². The molecular weight excluding hydrogens is 270 g/mol. The predicted octanol–water partition coefficient (Wildman–Crippen LogP) is 3.63. The number of fused-ring (bicyclic) bond motifs is 1. The molecule has 0 bridgehead atoms.